The van der Waals surface area contributed by atoms with Gasteiger partial charge in [-0.1, -0.05) is 18.2 Å². The Morgan fingerprint density at radius 3 is 2.70 bits per heavy atom. The molecule has 1 amide bonds. The van der Waals surface area contributed by atoms with Crippen LogP contribution in [0, 0.1) is 23.7 Å². The Hall–Kier alpha value is -2.69. The Morgan fingerprint density at radius 2 is 1.91 bits per heavy atom. The molecule has 1 saturated carbocycles. The van der Waals surface area contributed by atoms with Gasteiger partial charge in [-0.15, -0.1) is 0 Å². The van der Waals surface area contributed by atoms with Crippen LogP contribution in [0.5, 0.6) is 0 Å². The SMILES string of the molecule is O=C(Nc1ccc2ncccc2c1)[C@@H]1[C@@H](C(=O)[O-])[C@H]2C=C[C@@H]1C2. The summed E-state index contributed by atoms with van der Waals surface area (Å²) >= 11 is 0. The van der Waals surface area contributed by atoms with Gasteiger partial charge in [0, 0.05) is 29.2 Å². The highest BCUT2D eigenvalue weighted by atomic mass is 16.4. The molecule has 5 nitrogen and oxygen atoms in total. The van der Waals surface area contributed by atoms with Gasteiger partial charge in [0.2, 0.25) is 5.91 Å². The second kappa shape index (κ2) is 5.19. The number of pyridine rings is 1. The molecule has 1 N–H and O–H groups in total. The van der Waals surface area contributed by atoms with Crippen LogP contribution >= 0.6 is 0 Å². The van der Waals surface area contributed by atoms with E-state index < -0.39 is 17.8 Å². The molecule has 0 radical (unpaired) electrons. The number of fused-ring (bicyclic) bond motifs is 3. The molecule has 0 spiro atoms. The van der Waals surface area contributed by atoms with E-state index in [0.29, 0.717) is 5.69 Å². The number of allylic oxidation sites excluding steroid dienone is 2. The number of nitrogens with one attached hydrogen (secondary N) is 1. The molecule has 0 unspecified atom stereocenters. The van der Waals surface area contributed by atoms with E-state index in [2.05, 4.69) is 10.3 Å². The van der Waals surface area contributed by atoms with E-state index in [9.17, 15) is 14.7 Å². The third-order valence-electron chi connectivity index (χ3n) is 4.90. The highest BCUT2D eigenvalue weighted by Gasteiger charge is 2.48. The normalized spacial score (nSPS) is 28.2. The van der Waals surface area contributed by atoms with Crippen molar-refractivity contribution in [2.24, 2.45) is 23.7 Å². The number of nitrogens with zero attached hydrogens (tertiary/aromatic N) is 1. The van der Waals surface area contributed by atoms with Crippen molar-refractivity contribution in [3.63, 3.8) is 0 Å². The van der Waals surface area contributed by atoms with Crippen molar-refractivity contribution in [2.45, 2.75) is 6.42 Å². The lowest BCUT2D eigenvalue weighted by Crippen LogP contribution is -2.42. The molecule has 116 valence electrons. The third-order valence-corrected chi connectivity index (χ3v) is 4.90. The first-order valence-corrected chi connectivity index (χ1v) is 7.68. The molecule has 4 atom stereocenters. The number of carboxylic acids is 1. The monoisotopic (exact) mass is 307 g/mol. The topological polar surface area (TPSA) is 82.1 Å². The molecule has 2 aromatic rings. The summed E-state index contributed by atoms with van der Waals surface area (Å²) in [6, 6.07) is 9.21. The first kappa shape index (κ1) is 13.9. The summed E-state index contributed by atoms with van der Waals surface area (Å²) in [5.41, 5.74) is 1.50. The summed E-state index contributed by atoms with van der Waals surface area (Å²) in [6.07, 6.45) is 6.29. The van der Waals surface area contributed by atoms with Gasteiger partial charge in [0.25, 0.3) is 0 Å². The van der Waals surface area contributed by atoms with Crippen LogP contribution in [0.4, 0.5) is 5.69 Å². The smallest absolute Gasteiger partial charge is 0.228 e. The molecule has 2 bridgehead atoms. The van der Waals surface area contributed by atoms with Crippen molar-refractivity contribution in [3.05, 3.63) is 48.7 Å². The van der Waals surface area contributed by atoms with Crippen molar-refractivity contribution in [3.8, 4) is 0 Å². The van der Waals surface area contributed by atoms with E-state index in [0.717, 1.165) is 17.3 Å². The number of aromatic nitrogens is 1. The van der Waals surface area contributed by atoms with Gasteiger partial charge in [-0.2, -0.15) is 0 Å². The van der Waals surface area contributed by atoms with Gasteiger partial charge < -0.3 is 15.2 Å². The van der Waals surface area contributed by atoms with Crippen molar-refractivity contribution >= 4 is 28.5 Å². The molecule has 1 fully saturated rings. The first-order chi connectivity index (χ1) is 11.1. The molecule has 1 aromatic carbocycles. The maximum atomic E-state index is 12.6. The minimum atomic E-state index is -1.13. The lowest BCUT2D eigenvalue weighted by Gasteiger charge is -2.27. The van der Waals surface area contributed by atoms with Crippen molar-refractivity contribution in [2.75, 3.05) is 5.32 Å². The number of hydrogen-bond donors (Lipinski definition) is 1. The molecule has 0 saturated heterocycles. The fourth-order valence-corrected chi connectivity index (χ4v) is 3.88. The van der Waals surface area contributed by atoms with E-state index in [-0.39, 0.29) is 17.7 Å². The number of rotatable bonds is 3. The molecule has 5 heteroatoms. The minimum Gasteiger partial charge on any atom is -0.550 e. The number of carbonyl (C=O) groups excluding carboxylic acids is 2. The summed E-state index contributed by atoms with van der Waals surface area (Å²) in [5, 5.41) is 15.2. The quantitative estimate of drug-likeness (QED) is 0.868. The van der Waals surface area contributed by atoms with Gasteiger partial charge in [-0.05, 0) is 42.5 Å². The molecule has 23 heavy (non-hydrogen) atoms. The van der Waals surface area contributed by atoms with Gasteiger partial charge in [-0.25, -0.2) is 0 Å². The van der Waals surface area contributed by atoms with Crippen LogP contribution in [0.15, 0.2) is 48.7 Å². The fraction of sp³-hybridized carbons (Fsp3) is 0.278. The maximum absolute atomic E-state index is 12.6. The number of carboxylic acid groups (broad SMARTS) is 1. The largest absolute Gasteiger partial charge is 0.550 e. The number of benzene rings is 1. The number of carbonyl (C=O) groups is 2. The van der Waals surface area contributed by atoms with Crippen LogP contribution in [-0.4, -0.2) is 16.9 Å². The minimum absolute atomic E-state index is 0.00924. The Kier molecular flexibility index (Phi) is 3.15. The maximum Gasteiger partial charge on any atom is 0.228 e. The molecule has 2 aliphatic carbocycles. The van der Waals surface area contributed by atoms with Crippen LogP contribution in [0.2, 0.25) is 0 Å². The summed E-state index contributed by atoms with van der Waals surface area (Å²) in [6.45, 7) is 0. The zero-order valence-corrected chi connectivity index (χ0v) is 12.3. The highest BCUT2D eigenvalue weighted by Crippen LogP contribution is 2.48. The zero-order chi connectivity index (χ0) is 16.0. The molecule has 4 rings (SSSR count). The molecule has 1 aromatic heterocycles. The predicted octanol–water partition coefficient (Wildman–Crippen LogP) is 1.36. The highest BCUT2D eigenvalue weighted by molar-refractivity contribution is 5.97. The van der Waals surface area contributed by atoms with Crippen LogP contribution in [0.1, 0.15) is 6.42 Å². The molecule has 1 heterocycles. The summed E-state index contributed by atoms with van der Waals surface area (Å²) in [5.74, 6) is -2.76. The number of aliphatic carboxylic acids is 1. The molecular formula is C18H15N2O3-. The Labute approximate surface area is 133 Å². The van der Waals surface area contributed by atoms with Gasteiger partial charge in [0.1, 0.15) is 0 Å². The van der Waals surface area contributed by atoms with E-state index in [1.165, 1.54) is 0 Å². The van der Waals surface area contributed by atoms with Crippen LogP contribution in [-0.2, 0) is 9.59 Å². The molecule has 0 aliphatic heterocycles. The summed E-state index contributed by atoms with van der Waals surface area (Å²) in [4.78, 5) is 28.2. The Morgan fingerprint density at radius 1 is 1.13 bits per heavy atom. The number of anilines is 1. The number of amides is 1. The van der Waals surface area contributed by atoms with Gasteiger partial charge in [-0.3, -0.25) is 9.78 Å². The third kappa shape index (κ3) is 2.29. The average Bonchev–Trinajstić information content (AvgIpc) is 3.15. The standard InChI is InChI=1S/C18H16N2O3/c21-17(15-11-3-4-12(8-11)16(15)18(22)23)20-13-5-6-14-10(9-13)2-1-7-19-14/h1-7,9,11-12,15-16H,8H2,(H,20,21)(H,22,23)/p-1/t11-,12+,15+,16+/m1/s1. The van der Waals surface area contributed by atoms with E-state index in [4.69, 9.17) is 0 Å². The second-order valence-corrected chi connectivity index (χ2v) is 6.22. The lowest BCUT2D eigenvalue weighted by atomic mass is 9.82. The van der Waals surface area contributed by atoms with Crippen LogP contribution in [0.3, 0.4) is 0 Å². The van der Waals surface area contributed by atoms with Crippen molar-refractivity contribution < 1.29 is 14.7 Å². The van der Waals surface area contributed by atoms with E-state index >= 15 is 0 Å². The Balaban J connectivity index is 1.59. The van der Waals surface area contributed by atoms with E-state index in [1.807, 2.05) is 36.4 Å². The van der Waals surface area contributed by atoms with Gasteiger partial charge in [0.05, 0.1) is 11.4 Å². The number of hydrogen-bond acceptors (Lipinski definition) is 4. The first-order valence-electron chi connectivity index (χ1n) is 7.68. The van der Waals surface area contributed by atoms with Gasteiger partial charge in [0.15, 0.2) is 0 Å². The Bertz CT molecular complexity index is 830. The molecule has 2 aliphatic rings. The lowest BCUT2D eigenvalue weighted by molar-refractivity contribution is -0.313. The van der Waals surface area contributed by atoms with Crippen LogP contribution < -0.4 is 10.4 Å². The van der Waals surface area contributed by atoms with Crippen LogP contribution in [0.25, 0.3) is 10.9 Å². The second-order valence-electron chi connectivity index (χ2n) is 6.22. The summed E-state index contributed by atoms with van der Waals surface area (Å²) in [7, 11) is 0. The fourth-order valence-electron chi connectivity index (χ4n) is 3.88. The van der Waals surface area contributed by atoms with Crippen molar-refractivity contribution in [1.29, 1.82) is 0 Å². The predicted molar refractivity (Wildman–Crippen MR) is 83.1 cm³/mol. The summed E-state index contributed by atoms with van der Waals surface area (Å²) < 4.78 is 0. The van der Waals surface area contributed by atoms with Crippen molar-refractivity contribution in [1.82, 2.24) is 4.98 Å². The van der Waals surface area contributed by atoms with Gasteiger partial charge >= 0.3 is 0 Å². The zero-order valence-electron chi connectivity index (χ0n) is 12.3. The average molecular weight is 307 g/mol. The molecular weight excluding hydrogens is 292 g/mol. The van der Waals surface area contributed by atoms with E-state index in [1.54, 1.807) is 12.3 Å².